The van der Waals surface area contributed by atoms with E-state index in [1.165, 1.54) is 0 Å². The lowest BCUT2D eigenvalue weighted by Crippen LogP contribution is -2.42. The highest BCUT2D eigenvalue weighted by Crippen LogP contribution is 2.27. The number of fused-ring (bicyclic) bond motifs is 1. The molecule has 1 aliphatic heterocycles. The van der Waals surface area contributed by atoms with Crippen LogP contribution in [0.15, 0.2) is 30.6 Å². The lowest BCUT2D eigenvalue weighted by Gasteiger charge is -2.32. The van der Waals surface area contributed by atoms with Gasteiger partial charge in [0.25, 0.3) is 5.91 Å². The Kier molecular flexibility index (Phi) is 5.38. The number of carbonyl (C=O) groups excluding carboxylic acids is 1. The fraction of sp³-hybridized carbons (Fsp3) is 0.474. The monoisotopic (exact) mass is 343 g/mol. The van der Waals surface area contributed by atoms with E-state index >= 15 is 0 Å². The number of ether oxygens (including phenoxy) is 2. The van der Waals surface area contributed by atoms with Crippen LogP contribution in [0.5, 0.6) is 5.75 Å². The molecule has 2 heterocycles. The Balaban J connectivity index is 1.65. The summed E-state index contributed by atoms with van der Waals surface area (Å²) in [5, 5.41) is 0. The van der Waals surface area contributed by atoms with Gasteiger partial charge in [0.15, 0.2) is 6.61 Å². The summed E-state index contributed by atoms with van der Waals surface area (Å²) < 4.78 is 13.3. The Hall–Kier alpha value is -2.34. The summed E-state index contributed by atoms with van der Waals surface area (Å²) in [7, 11) is 1.99. The highest BCUT2D eigenvalue weighted by atomic mass is 16.5. The molecule has 0 saturated heterocycles. The van der Waals surface area contributed by atoms with Crippen molar-refractivity contribution in [3.8, 4) is 5.75 Å². The number of imidazole rings is 1. The van der Waals surface area contributed by atoms with Crippen molar-refractivity contribution in [2.45, 2.75) is 26.3 Å². The third-order valence-electron chi connectivity index (χ3n) is 4.49. The summed E-state index contributed by atoms with van der Waals surface area (Å²) in [5.41, 5.74) is 3.27. The highest BCUT2D eigenvalue weighted by molar-refractivity contribution is 5.78. The quantitative estimate of drug-likeness (QED) is 0.807. The molecule has 1 unspecified atom stereocenters. The maximum absolute atomic E-state index is 12.6. The Morgan fingerprint density at radius 1 is 1.32 bits per heavy atom. The van der Waals surface area contributed by atoms with Crippen molar-refractivity contribution in [1.82, 2.24) is 14.5 Å². The van der Waals surface area contributed by atoms with Crippen molar-refractivity contribution in [3.05, 3.63) is 47.5 Å². The van der Waals surface area contributed by atoms with Crippen LogP contribution in [-0.4, -0.2) is 46.7 Å². The molecule has 0 radical (unpaired) electrons. The molecule has 1 aliphatic rings. The van der Waals surface area contributed by atoms with Gasteiger partial charge in [0.05, 0.1) is 25.2 Å². The topological polar surface area (TPSA) is 56.6 Å². The molecule has 0 bridgehead atoms. The Morgan fingerprint density at radius 3 is 2.80 bits per heavy atom. The van der Waals surface area contributed by atoms with Crippen molar-refractivity contribution in [1.29, 1.82) is 0 Å². The Bertz CT molecular complexity index is 724. The molecule has 0 spiro atoms. The summed E-state index contributed by atoms with van der Waals surface area (Å²) in [6.45, 7) is 6.43. The largest absolute Gasteiger partial charge is 0.484 e. The van der Waals surface area contributed by atoms with Gasteiger partial charge in [0, 0.05) is 31.8 Å². The van der Waals surface area contributed by atoms with Crippen molar-refractivity contribution in [2.24, 2.45) is 7.05 Å². The number of nitrogens with zero attached hydrogens (tertiary/aromatic N) is 3. The first-order chi connectivity index (χ1) is 12.1. The second-order valence-corrected chi connectivity index (χ2v) is 6.42. The van der Waals surface area contributed by atoms with Crippen LogP contribution in [0.4, 0.5) is 0 Å². The third-order valence-corrected chi connectivity index (χ3v) is 4.49. The molecule has 0 N–H and O–H groups in total. The SMILES string of the molecule is CCOCC1CN(C(=O)COc2ccc(C)cc2)Cc2ncn(C)c21. The zero-order chi connectivity index (χ0) is 17.8. The number of rotatable bonds is 6. The zero-order valence-corrected chi connectivity index (χ0v) is 15.1. The number of carbonyl (C=O) groups is 1. The van der Waals surface area contributed by atoms with Crippen molar-refractivity contribution >= 4 is 5.91 Å². The summed E-state index contributed by atoms with van der Waals surface area (Å²) in [5.74, 6) is 0.818. The molecule has 25 heavy (non-hydrogen) atoms. The minimum absolute atomic E-state index is 0.0293. The van der Waals surface area contributed by atoms with E-state index in [4.69, 9.17) is 9.47 Å². The first kappa shape index (κ1) is 17.5. The predicted molar refractivity (Wildman–Crippen MR) is 94.5 cm³/mol. The lowest BCUT2D eigenvalue weighted by molar-refractivity contribution is -0.135. The second-order valence-electron chi connectivity index (χ2n) is 6.42. The van der Waals surface area contributed by atoms with Gasteiger partial charge < -0.3 is 18.9 Å². The van der Waals surface area contributed by atoms with E-state index in [-0.39, 0.29) is 18.4 Å². The molecule has 0 saturated carbocycles. The molecule has 1 atom stereocenters. The van der Waals surface area contributed by atoms with E-state index < -0.39 is 0 Å². The van der Waals surface area contributed by atoms with Crippen LogP contribution in [-0.2, 0) is 23.1 Å². The standard InChI is InChI=1S/C19H25N3O3/c1-4-24-11-15-9-22(10-17-19(15)21(3)13-20-17)18(23)12-25-16-7-5-14(2)6-8-16/h5-8,13,15H,4,9-12H2,1-3H3. The van der Waals surface area contributed by atoms with E-state index in [9.17, 15) is 4.79 Å². The Morgan fingerprint density at radius 2 is 2.08 bits per heavy atom. The molecule has 0 fully saturated rings. The molecule has 1 amide bonds. The molecular formula is C19H25N3O3. The van der Waals surface area contributed by atoms with Gasteiger partial charge in [-0.15, -0.1) is 0 Å². The summed E-state index contributed by atoms with van der Waals surface area (Å²) >= 11 is 0. The minimum Gasteiger partial charge on any atom is -0.484 e. The van der Waals surface area contributed by atoms with Gasteiger partial charge in [0.1, 0.15) is 5.75 Å². The molecule has 6 heteroatoms. The highest BCUT2D eigenvalue weighted by Gasteiger charge is 2.31. The van der Waals surface area contributed by atoms with Crippen LogP contribution in [0.2, 0.25) is 0 Å². The normalized spacial score (nSPS) is 16.6. The smallest absolute Gasteiger partial charge is 0.260 e. The van der Waals surface area contributed by atoms with Gasteiger partial charge in [0.2, 0.25) is 0 Å². The molecular weight excluding hydrogens is 318 g/mol. The van der Waals surface area contributed by atoms with E-state index in [1.54, 1.807) is 6.33 Å². The first-order valence-corrected chi connectivity index (χ1v) is 8.63. The van der Waals surface area contributed by atoms with Gasteiger partial charge in [-0.2, -0.15) is 0 Å². The molecule has 1 aromatic carbocycles. The first-order valence-electron chi connectivity index (χ1n) is 8.63. The van der Waals surface area contributed by atoms with Crippen LogP contribution in [0.3, 0.4) is 0 Å². The maximum atomic E-state index is 12.6. The maximum Gasteiger partial charge on any atom is 0.260 e. The zero-order valence-electron chi connectivity index (χ0n) is 15.1. The summed E-state index contributed by atoms with van der Waals surface area (Å²) in [4.78, 5) is 18.9. The van der Waals surface area contributed by atoms with Crippen LogP contribution in [0.1, 0.15) is 29.8 Å². The van der Waals surface area contributed by atoms with Gasteiger partial charge in [-0.05, 0) is 26.0 Å². The van der Waals surface area contributed by atoms with Crippen LogP contribution >= 0.6 is 0 Å². The number of hydrogen-bond donors (Lipinski definition) is 0. The van der Waals surface area contributed by atoms with Crippen LogP contribution in [0.25, 0.3) is 0 Å². The number of aromatic nitrogens is 2. The fourth-order valence-electron chi connectivity index (χ4n) is 3.18. The van der Waals surface area contributed by atoms with Crippen molar-refractivity contribution in [3.63, 3.8) is 0 Å². The number of hydrogen-bond acceptors (Lipinski definition) is 4. The lowest BCUT2D eigenvalue weighted by atomic mass is 9.99. The predicted octanol–water partition coefficient (Wildman–Crippen LogP) is 2.27. The summed E-state index contributed by atoms with van der Waals surface area (Å²) in [6.07, 6.45) is 1.81. The number of benzene rings is 1. The van der Waals surface area contributed by atoms with Crippen molar-refractivity contribution in [2.75, 3.05) is 26.4 Å². The average Bonchev–Trinajstić information content (AvgIpc) is 3.00. The summed E-state index contributed by atoms with van der Waals surface area (Å²) in [6, 6.07) is 7.71. The van der Waals surface area contributed by atoms with E-state index in [2.05, 4.69) is 4.98 Å². The van der Waals surface area contributed by atoms with Crippen LogP contribution < -0.4 is 4.74 Å². The molecule has 2 aromatic rings. The van der Waals surface area contributed by atoms with Gasteiger partial charge >= 0.3 is 0 Å². The van der Waals surface area contributed by atoms with Crippen LogP contribution in [0, 0.1) is 6.92 Å². The van der Waals surface area contributed by atoms with E-state index in [1.807, 2.05) is 54.6 Å². The van der Waals surface area contributed by atoms with Gasteiger partial charge in [-0.1, -0.05) is 17.7 Å². The number of aryl methyl sites for hydroxylation is 2. The van der Waals surface area contributed by atoms with E-state index in [0.29, 0.717) is 32.1 Å². The molecule has 134 valence electrons. The van der Waals surface area contributed by atoms with E-state index in [0.717, 1.165) is 17.0 Å². The molecule has 1 aromatic heterocycles. The third kappa shape index (κ3) is 4.02. The second kappa shape index (κ2) is 7.70. The number of amides is 1. The minimum atomic E-state index is -0.0293. The Labute approximate surface area is 148 Å². The van der Waals surface area contributed by atoms with Crippen molar-refractivity contribution < 1.29 is 14.3 Å². The fourth-order valence-corrected chi connectivity index (χ4v) is 3.18. The molecule has 0 aliphatic carbocycles. The average molecular weight is 343 g/mol. The van der Waals surface area contributed by atoms with Gasteiger partial charge in [-0.25, -0.2) is 4.98 Å². The molecule has 3 rings (SSSR count). The van der Waals surface area contributed by atoms with Gasteiger partial charge in [-0.3, -0.25) is 4.79 Å². The molecule has 6 nitrogen and oxygen atoms in total.